The van der Waals surface area contributed by atoms with Crippen molar-refractivity contribution in [3.05, 3.63) is 82.1 Å². The molecule has 0 aliphatic heterocycles. The zero-order chi connectivity index (χ0) is 25.4. The molecule has 3 aromatic rings. The third-order valence-corrected chi connectivity index (χ3v) is 6.14. The van der Waals surface area contributed by atoms with E-state index in [9.17, 15) is 14.4 Å². The Hall–Kier alpha value is -3.34. The smallest absolute Gasteiger partial charge is 0.339 e. The molecule has 0 atom stereocenters. The van der Waals surface area contributed by atoms with Crippen molar-refractivity contribution in [2.75, 3.05) is 18.2 Å². The lowest BCUT2D eigenvalue weighted by molar-refractivity contribution is -0.113. The fraction of sp³-hybridized carbons (Fsp3) is 0.174. The minimum atomic E-state index is -0.550. The summed E-state index contributed by atoms with van der Waals surface area (Å²) in [5, 5.41) is 14.8. The first-order valence-electron chi connectivity index (χ1n) is 10.2. The zero-order valence-electron chi connectivity index (χ0n) is 18.6. The summed E-state index contributed by atoms with van der Waals surface area (Å²) in [6, 6.07) is 11.2. The Morgan fingerprint density at radius 2 is 1.91 bits per heavy atom. The Bertz CT molecular complexity index is 1260. The molecule has 0 saturated heterocycles. The number of rotatable bonds is 10. The van der Waals surface area contributed by atoms with E-state index in [0.717, 1.165) is 11.8 Å². The minimum Gasteiger partial charge on any atom is -0.465 e. The van der Waals surface area contributed by atoms with Crippen LogP contribution in [0, 0.1) is 0 Å². The molecule has 12 heteroatoms. The van der Waals surface area contributed by atoms with Crippen LogP contribution in [0.5, 0.6) is 0 Å². The lowest BCUT2D eigenvalue weighted by Gasteiger charge is -2.11. The number of ether oxygens (including phenoxy) is 1. The molecule has 0 unspecified atom stereocenters. The van der Waals surface area contributed by atoms with E-state index in [1.807, 2.05) is 0 Å². The van der Waals surface area contributed by atoms with E-state index in [0.29, 0.717) is 28.2 Å². The number of para-hydroxylation sites is 1. The molecule has 0 spiro atoms. The van der Waals surface area contributed by atoms with E-state index >= 15 is 0 Å². The Kier molecular flexibility index (Phi) is 9.30. The van der Waals surface area contributed by atoms with Crippen molar-refractivity contribution in [1.82, 2.24) is 20.1 Å². The van der Waals surface area contributed by atoms with Gasteiger partial charge in [-0.25, -0.2) is 4.79 Å². The first kappa shape index (κ1) is 26.3. The average Bonchev–Trinajstić information content (AvgIpc) is 3.22. The van der Waals surface area contributed by atoms with Crippen LogP contribution >= 0.6 is 35.0 Å². The number of halogens is 2. The van der Waals surface area contributed by atoms with Gasteiger partial charge in [0.05, 0.1) is 41.2 Å². The van der Waals surface area contributed by atoms with Crippen LogP contribution in [0.1, 0.15) is 26.5 Å². The number of aromatic nitrogens is 3. The topological polar surface area (TPSA) is 115 Å². The number of hydrogen-bond donors (Lipinski definition) is 2. The van der Waals surface area contributed by atoms with Crippen molar-refractivity contribution >= 4 is 58.4 Å². The van der Waals surface area contributed by atoms with Crippen LogP contribution in [-0.2, 0) is 22.6 Å². The van der Waals surface area contributed by atoms with Crippen LogP contribution in [0.3, 0.4) is 0 Å². The third kappa shape index (κ3) is 6.84. The van der Waals surface area contributed by atoms with Crippen LogP contribution < -0.4 is 10.6 Å². The highest BCUT2D eigenvalue weighted by Gasteiger charge is 2.17. The van der Waals surface area contributed by atoms with Crippen LogP contribution in [0.25, 0.3) is 0 Å². The van der Waals surface area contributed by atoms with Crippen LogP contribution in [0.2, 0.25) is 10.0 Å². The highest BCUT2D eigenvalue weighted by molar-refractivity contribution is 7.99. The molecular weight excluding hydrogens is 513 g/mol. The molecule has 1 heterocycles. The van der Waals surface area contributed by atoms with Gasteiger partial charge in [-0.1, -0.05) is 53.2 Å². The second kappa shape index (κ2) is 12.4. The van der Waals surface area contributed by atoms with Crippen molar-refractivity contribution in [2.45, 2.75) is 18.2 Å². The van der Waals surface area contributed by atoms with E-state index < -0.39 is 11.9 Å². The van der Waals surface area contributed by atoms with E-state index in [4.69, 9.17) is 27.9 Å². The summed E-state index contributed by atoms with van der Waals surface area (Å²) in [7, 11) is 1.27. The maximum Gasteiger partial charge on any atom is 0.339 e. The lowest BCUT2D eigenvalue weighted by atomic mass is 10.2. The number of methoxy groups -OCH3 is 1. The number of benzene rings is 2. The summed E-state index contributed by atoms with van der Waals surface area (Å²) in [5.74, 6) is -0.796. The number of thioether (sulfide) groups is 1. The second-order valence-electron chi connectivity index (χ2n) is 6.98. The molecule has 0 radical (unpaired) electrons. The number of nitrogens with one attached hydrogen (secondary N) is 2. The molecule has 182 valence electrons. The first-order chi connectivity index (χ1) is 16.8. The molecule has 0 aliphatic rings. The molecule has 3 rings (SSSR count). The summed E-state index contributed by atoms with van der Waals surface area (Å²) in [6.07, 6.45) is 1.65. The summed E-state index contributed by atoms with van der Waals surface area (Å²) < 4.78 is 6.48. The maximum atomic E-state index is 12.5. The molecule has 2 aromatic carbocycles. The number of carbonyl (C=O) groups excluding carboxylic acids is 3. The van der Waals surface area contributed by atoms with Crippen LogP contribution in [0.4, 0.5) is 5.69 Å². The standard InChI is InChI=1S/C23H21Cl2N5O4S/c1-3-10-30-19(12-26-21(32)15-9-8-14(24)11-17(15)25)28-29-23(30)35-13-20(31)27-18-7-5-4-6-16(18)22(33)34-2/h3-9,11H,1,10,12-13H2,2H3,(H,26,32)(H,27,31). The Morgan fingerprint density at radius 1 is 1.14 bits per heavy atom. The molecular formula is C23H21Cl2N5O4S. The van der Waals surface area contributed by atoms with Gasteiger partial charge in [0.15, 0.2) is 11.0 Å². The predicted molar refractivity (Wildman–Crippen MR) is 135 cm³/mol. The largest absolute Gasteiger partial charge is 0.465 e. The number of hydrogen-bond acceptors (Lipinski definition) is 7. The van der Waals surface area contributed by atoms with Gasteiger partial charge in [-0.15, -0.1) is 16.8 Å². The van der Waals surface area contributed by atoms with Gasteiger partial charge in [0.25, 0.3) is 5.91 Å². The maximum absolute atomic E-state index is 12.5. The van der Waals surface area contributed by atoms with Crippen molar-refractivity contribution in [2.24, 2.45) is 0 Å². The minimum absolute atomic E-state index is 0.0114. The molecule has 0 aliphatic carbocycles. The zero-order valence-corrected chi connectivity index (χ0v) is 20.9. The number of amides is 2. The van der Waals surface area contributed by atoms with Gasteiger partial charge in [-0.05, 0) is 30.3 Å². The van der Waals surface area contributed by atoms with Crippen molar-refractivity contribution in [1.29, 1.82) is 0 Å². The van der Waals surface area contributed by atoms with Crippen molar-refractivity contribution in [3.8, 4) is 0 Å². The Balaban J connectivity index is 1.64. The number of esters is 1. The first-order valence-corrected chi connectivity index (χ1v) is 11.9. The van der Waals surface area contributed by atoms with Gasteiger partial charge in [-0.2, -0.15) is 0 Å². The van der Waals surface area contributed by atoms with Crippen molar-refractivity contribution in [3.63, 3.8) is 0 Å². The summed E-state index contributed by atoms with van der Waals surface area (Å²) in [4.78, 5) is 36.9. The van der Waals surface area contributed by atoms with Gasteiger partial charge in [0.1, 0.15) is 0 Å². The predicted octanol–water partition coefficient (Wildman–Crippen LogP) is 4.22. The quantitative estimate of drug-likeness (QED) is 0.227. The van der Waals surface area contributed by atoms with Crippen LogP contribution in [-0.4, -0.2) is 45.4 Å². The Labute approximate surface area is 215 Å². The summed E-state index contributed by atoms with van der Waals surface area (Å²) in [5.41, 5.74) is 0.883. The molecule has 0 bridgehead atoms. The second-order valence-corrected chi connectivity index (χ2v) is 8.77. The number of allylic oxidation sites excluding steroid dienone is 1. The van der Waals surface area contributed by atoms with E-state index in [-0.39, 0.29) is 34.4 Å². The van der Waals surface area contributed by atoms with Gasteiger partial charge < -0.3 is 19.9 Å². The molecule has 0 saturated carbocycles. The third-order valence-electron chi connectivity index (χ3n) is 4.63. The van der Waals surface area contributed by atoms with Gasteiger partial charge >= 0.3 is 5.97 Å². The molecule has 2 amide bonds. The fourth-order valence-electron chi connectivity index (χ4n) is 2.99. The van der Waals surface area contributed by atoms with Gasteiger partial charge in [0, 0.05) is 11.6 Å². The lowest BCUT2D eigenvalue weighted by Crippen LogP contribution is -2.25. The number of carbonyl (C=O) groups is 3. The molecule has 1 aromatic heterocycles. The Morgan fingerprint density at radius 3 is 2.63 bits per heavy atom. The van der Waals surface area contributed by atoms with E-state index in [1.54, 1.807) is 41.0 Å². The number of nitrogens with zero attached hydrogens (tertiary/aromatic N) is 3. The monoisotopic (exact) mass is 533 g/mol. The van der Waals surface area contributed by atoms with Gasteiger partial charge in [-0.3, -0.25) is 9.59 Å². The fourth-order valence-corrected chi connectivity index (χ4v) is 4.25. The number of anilines is 1. The van der Waals surface area contributed by atoms with E-state index in [1.165, 1.54) is 19.2 Å². The SMILES string of the molecule is C=CCn1c(CNC(=O)c2ccc(Cl)cc2Cl)nnc1SCC(=O)Nc1ccccc1C(=O)OC. The molecule has 35 heavy (non-hydrogen) atoms. The van der Waals surface area contributed by atoms with E-state index in [2.05, 4.69) is 27.4 Å². The summed E-state index contributed by atoms with van der Waals surface area (Å²) >= 11 is 13.1. The summed E-state index contributed by atoms with van der Waals surface area (Å²) in [6.45, 7) is 4.19. The molecule has 9 nitrogen and oxygen atoms in total. The van der Waals surface area contributed by atoms with Crippen molar-refractivity contribution < 1.29 is 19.1 Å². The van der Waals surface area contributed by atoms with Crippen LogP contribution in [0.15, 0.2) is 60.3 Å². The molecule has 2 N–H and O–H groups in total. The molecule has 0 fully saturated rings. The average molecular weight is 534 g/mol. The highest BCUT2D eigenvalue weighted by atomic mass is 35.5. The normalized spacial score (nSPS) is 10.5. The van der Waals surface area contributed by atoms with Gasteiger partial charge in [0.2, 0.25) is 5.91 Å². The highest BCUT2D eigenvalue weighted by Crippen LogP contribution is 2.22.